The molecule has 4 aliphatic rings. The van der Waals surface area contributed by atoms with Crippen molar-refractivity contribution < 1.29 is 37.4 Å². The van der Waals surface area contributed by atoms with Gasteiger partial charge in [0.15, 0.2) is 23.0 Å². The molecule has 0 unspecified atom stereocenters. The van der Waals surface area contributed by atoms with Gasteiger partial charge in [-0.3, -0.25) is 19.6 Å². The zero-order chi connectivity index (χ0) is 38.5. The summed E-state index contributed by atoms with van der Waals surface area (Å²) in [5.74, 6) is 3.37. The van der Waals surface area contributed by atoms with E-state index in [1.54, 1.807) is 51.0 Å². The summed E-state index contributed by atoms with van der Waals surface area (Å²) in [4.78, 5) is 42.8. The van der Waals surface area contributed by atoms with Crippen molar-refractivity contribution in [3.63, 3.8) is 0 Å². The zero-order valence-corrected chi connectivity index (χ0v) is 31.6. The van der Waals surface area contributed by atoms with Gasteiger partial charge < -0.3 is 42.5 Å². The molecule has 0 saturated heterocycles. The second-order valence-corrected chi connectivity index (χ2v) is 14.7. The number of methoxy groups -OCH3 is 2. The monoisotopic (exact) mass is 755 g/mol. The van der Waals surface area contributed by atoms with Crippen LogP contribution in [0, 0.1) is 0 Å². The lowest BCUT2D eigenvalue weighted by Crippen LogP contribution is -2.44. The number of furan rings is 2. The second-order valence-electron chi connectivity index (χ2n) is 14.7. The molecular weight excluding hydrogens is 714 g/mol. The molecule has 286 valence electrons. The molecule has 6 heterocycles. The SMILES string of the molecule is COc1cc2c(cc1OCc1cc(COc3cc4c(cc3OC)C(=O)N3Cc5ccoc5C[C@H]3C=N4)cc(CN(C)C)c1)N=C[C@@H]1Cc3occc3CN1C2=O. The Morgan fingerprint density at radius 2 is 1.12 bits per heavy atom. The number of carbonyl (C=O) groups is 2. The van der Waals surface area contributed by atoms with Gasteiger partial charge in [0.1, 0.15) is 24.7 Å². The maximum absolute atomic E-state index is 13.8. The number of rotatable bonds is 10. The summed E-state index contributed by atoms with van der Waals surface area (Å²) in [5.41, 5.74) is 6.90. The van der Waals surface area contributed by atoms with Gasteiger partial charge in [0.25, 0.3) is 11.8 Å². The first kappa shape index (κ1) is 35.4. The van der Waals surface area contributed by atoms with E-state index in [0.29, 0.717) is 78.0 Å². The zero-order valence-electron chi connectivity index (χ0n) is 31.6. The minimum absolute atomic E-state index is 0.117. The molecule has 2 amide bonds. The Labute approximate surface area is 323 Å². The highest BCUT2D eigenvalue weighted by atomic mass is 16.5. The molecule has 0 bridgehead atoms. The largest absolute Gasteiger partial charge is 0.493 e. The van der Waals surface area contributed by atoms with E-state index in [1.807, 2.05) is 54.5 Å². The van der Waals surface area contributed by atoms with Crippen LogP contribution in [0.3, 0.4) is 0 Å². The van der Waals surface area contributed by atoms with Crippen molar-refractivity contribution in [1.82, 2.24) is 14.7 Å². The number of aliphatic imine (C=N–C) groups is 2. The number of fused-ring (bicyclic) bond motifs is 6. The van der Waals surface area contributed by atoms with Crippen molar-refractivity contribution in [2.24, 2.45) is 9.98 Å². The van der Waals surface area contributed by atoms with E-state index in [4.69, 9.17) is 37.8 Å². The Morgan fingerprint density at radius 1 is 0.661 bits per heavy atom. The molecule has 5 aromatic rings. The number of benzene rings is 3. The van der Waals surface area contributed by atoms with Crippen LogP contribution in [0.15, 0.2) is 85.9 Å². The van der Waals surface area contributed by atoms with Gasteiger partial charge in [-0.25, -0.2) is 0 Å². The van der Waals surface area contributed by atoms with Crippen LogP contribution in [0.4, 0.5) is 11.4 Å². The minimum atomic E-state index is -0.209. The summed E-state index contributed by atoms with van der Waals surface area (Å²) < 4.78 is 35.6. The van der Waals surface area contributed by atoms with Crippen LogP contribution < -0.4 is 18.9 Å². The molecule has 0 fully saturated rings. The number of nitrogens with zero attached hydrogens (tertiary/aromatic N) is 5. The summed E-state index contributed by atoms with van der Waals surface area (Å²) in [5, 5.41) is 0. The normalized spacial score (nSPS) is 17.9. The predicted octanol–water partition coefficient (Wildman–Crippen LogP) is 6.68. The maximum Gasteiger partial charge on any atom is 0.257 e. The third-order valence-electron chi connectivity index (χ3n) is 10.7. The molecule has 56 heavy (non-hydrogen) atoms. The predicted molar refractivity (Wildman–Crippen MR) is 207 cm³/mol. The van der Waals surface area contributed by atoms with E-state index in [0.717, 1.165) is 39.3 Å². The number of amides is 2. The van der Waals surface area contributed by atoms with Gasteiger partial charge in [-0.15, -0.1) is 0 Å². The van der Waals surface area contributed by atoms with Crippen molar-refractivity contribution in [1.29, 1.82) is 0 Å². The average Bonchev–Trinajstić information content (AvgIpc) is 3.82. The lowest BCUT2D eigenvalue weighted by Gasteiger charge is -2.31. The average molecular weight is 756 g/mol. The maximum atomic E-state index is 13.8. The second kappa shape index (κ2) is 14.4. The van der Waals surface area contributed by atoms with Crippen molar-refractivity contribution in [2.45, 2.75) is 57.8 Å². The summed E-state index contributed by atoms with van der Waals surface area (Å²) in [6.45, 7) is 2.07. The number of hydrogen-bond donors (Lipinski definition) is 0. The van der Waals surface area contributed by atoms with E-state index in [1.165, 1.54) is 0 Å². The third kappa shape index (κ3) is 6.57. The number of ether oxygens (including phenoxy) is 4. The molecule has 4 aliphatic heterocycles. The Balaban J connectivity index is 0.945. The Bertz CT molecular complexity index is 2250. The summed E-state index contributed by atoms with van der Waals surface area (Å²) >= 11 is 0. The molecule has 9 rings (SSSR count). The van der Waals surface area contributed by atoms with Gasteiger partial charge in [0.05, 0.1) is 74.4 Å². The van der Waals surface area contributed by atoms with Crippen LogP contribution in [0.5, 0.6) is 23.0 Å². The molecule has 13 heteroatoms. The quantitative estimate of drug-likeness (QED) is 0.153. The first-order valence-electron chi connectivity index (χ1n) is 18.5. The van der Waals surface area contributed by atoms with Gasteiger partial charge in [0, 0.05) is 55.1 Å². The molecule has 13 nitrogen and oxygen atoms in total. The summed E-state index contributed by atoms with van der Waals surface area (Å²) in [7, 11) is 7.16. The first-order valence-corrected chi connectivity index (χ1v) is 18.5. The fourth-order valence-corrected chi connectivity index (χ4v) is 7.91. The summed E-state index contributed by atoms with van der Waals surface area (Å²) in [6.07, 6.45) is 8.09. The van der Waals surface area contributed by atoms with E-state index in [9.17, 15) is 9.59 Å². The number of carbonyl (C=O) groups excluding carboxylic acids is 2. The van der Waals surface area contributed by atoms with Gasteiger partial charge in [-0.1, -0.05) is 12.1 Å². The minimum Gasteiger partial charge on any atom is -0.493 e. The Morgan fingerprint density at radius 3 is 1.57 bits per heavy atom. The van der Waals surface area contributed by atoms with E-state index in [-0.39, 0.29) is 37.1 Å². The molecule has 3 aromatic carbocycles. The van der Waals surface area contributed by atoms with Crippen LogP contribution in [0.1, 0.15) is 60.1 Å². The Kier molecular flexibility index (Phi) is 9.08. The van der Waals surface area contributed by atoms with Crippen LogP contribution in [0.25, 0.3) is 0 Å². The van der Waals surface area contributed by atoms with Crippen molar-refractivity contribution >= 4 is 35.6 Å². The van der Waals surface area contributed by atoms with Gasteiger partial charge in [0.2, 0.25) is 0 Å². The molecule has 0 radical (unpaired) electrons. The van der Waals surface area contributed by atoms with Crippen molar-refractivity contribution in [2.75, 3.05) is 28.3 Å². The highest BCUT2D eigenvalue weighted by Gasteiger charge is 2.36. The highest BCUT2D eigenvalue weighted by Crippen LogP contribution is 2.41. The number of hydrogen-bond acceptors (Lipinski definition) is 11. The lowest BCUT2D eigenvalue weighted by molar-refractivity contribution is 0.0689. The third-order valence-corrected chi connectivity index (χ3v) is 10.7. The van der Waals surface area contributed by atoms with E-state index < -0.39 is 0 Å². The fourth-order valence-electron chi connectivity index (χ4n) is 7.91. The van der Waals surface area contributed by atoms with Gasteiger partial charge in [-0.2, -0.15) is 0 Å². The lowest BCUT2D eigenvalue weighted by atomic mass is 10.0. The van der Waals surface area contributed by atoms with Crippen molar-refractivity contribution in [3.05, 3.63) is 118 Å². The molecule has 0 aliphatic carbocycles. The molecule has 0 N–H and O–H groups in total. The smallest absolute Gasteiger partial charge is 0.257 e. The van der Waals surface area contributed by atoms with E-state index in [2.05, 4.69) is 17.0 Å². The molecule has 0 saturated carbocycles. The van der Waals surface area contributed by atoms with Crippen LogP contribution >= 0.6 is 0 Å². The molecule has 2 aromatic heterocycles. The van der Waals surface area contributed by atoms with Crippen LogP contribution in [-0.4, -0.2) is 79.3 Å². The van der Waals surface area contributed by atoms with E-state index >= 15 is 0 Å². The molecule has 0 spiro atoms. The van der Waals surface area contributed by atoms with Crippen LogP contribution in [-0.2, 0) is 45.7 Å². The topological polar surface area (TPSA) is 132 Å². The molecule has 2 atom stereocenters. The first-order chi connectivity index (χ1) is 27.2. The van der Waals surface area contributed by atoms with Gasteiger partial charge >= 0.3 is 0 Å². The Hall–Kier alpha value is -6.34. The van der Waals surface area contributed by atoms with Crippen molar-refractivity contribution in [3.8, 4) is 23.0 Å². The standard InChI is InChI=1S/C43H41N5O8/c1-46(2)20-25-9-26(23-55-40-16-34-32(14-38(40)51-3)42(49)47-21-28-5-7-53-36(28)12-30(47)18-44-34)11-27(10-25)24-56-41-17-35-33(15-39(41)52-4)43(50)48-22-29-6-8-54-37(29)13-31(48)19-45-35/h5-11,14-19,30-31H,12-13,20-24H2,1-4H3/t30-,31-/m0/s1. The molecular formula is C43H41N5O8. The summed E-state index contributed by atoms with van der Waals surface area (Å²) in [6, 6.07) is 16.6. The van der Waals surface area contributed by atoms with Gasteiger partial charge in [-0.05, 0) is 61.1 Å². The fraction of sp³-hybridized carbons (Fsp3) is 0.302. The highest BCUT2D eigenvalue weighted by molar-refractivity contribution is 6.04. The van der Waals surface area contributed by atoms with Crippen LogP contribution in [0.2, 0.25) is 0 Å².